The van der Waals surface area contributed by atoms with E-state index in [2.05, 4.69) is 27.7 Å². The molecule has 1 saturated carbocycles. The van der Waals surface area contributed by atoms with Gasteiger partial charge in [-0.3, -0.25) is 4.79 Å². The summed E-state index contributed by atoms with van der Waals surface area (Å²) in [5, 5.41) is 8.36. The second-order valence-corrected chi connectivity index (χ2v) is 10.2. The van der Waals surface area contributed by atoms with Crippen molar-refractivity contribution in [2.45, 2.75) is 165 Å². The van der Waals surface area contributed by atoms with E-state index in [1.165, 1.54) is 51.4 Å². The van der Waals surface area contributed by atoms with Gasteiger partial charge in [0.05, 0.1) is 12.3 Å². The summed E-state index contributed by atoms with van der Waals surface area (Å²) >= 11 is 0. The molecular weight excluding hydrogens is 411 g/mol. The Labute approximate surface area is 208 Å². The zero-order chi connectivity index (χ0) is 26.2. The van der Waals surface area contributed by atoms with E-state index in [1.54, 1.807) is 20.8 Å². The van der Waals surface area contributed by atoms with Crippen LogP contribution >= 0.6 is 0 Å². The summed E-state index contributed by atoms with van der Waals surface area (Å²) in [4.78, 5) is 10.6. The minimum atomic E-state index is -0.628. The van der Waals surface area contributed by atoms with Crippen LogP contribution in [0, 0.1) is 23.7 Å². The van der Waals surface area contributed by atoms with Crippen molar-refractivity contribution in [3.63, 3.8) is 0 Å². The van der Waals surface area contributed by atoms with Crippen molar-refractivity contribution in [2.24, 2.45) is 23.7 Å². The summed E-state index contributed by atoms with van der Waals surface area (Å²) < 4.78 is 13.0. The molecule has 3 heteroatoms. The molecule has 0 aromatic heterocycles. The summed E-state index contributed by atoms with van der Waals surface area (Å²) in [6.45, 7) is 20.3. The number of carbonyl (C=O) groups is 1. The first kappa shape index (κ1) is 37.1. The molecule has 0 bridgehead atoms. The molecule has 1 fully saturated rings. The predicted octanol–water partition coefficient (Wildman–Crippen LogP) is 9.96. The van der Waals surface area contributed by atoms with Crippen molar-refractivity contribution in [3.8, 4) is 0 Å². The molecule has 1 aliphatic carbocycles. The maximum absolute atomic E-state index is 13.0. The minimum Gasteiger partial charge on any atom is -0.393 e. The van der Waals surface area contributed by atoms with Crippen LogP contribution < -0.4 is 0 Å². The molecule has 1 rings (SSSR count). The lowest BCUT2D eigenvalue weighted by Gasteiger charge is -2.26. The van der Waals surface area contributed by atoms with Gasteiger partial charge in [-0.05, 0) is 70.6 Å². The van der Waals surface area contributed by atoms with Crippen molar-refractivity contribution < 1.29 is 14.3 Å². The van der Waals surface area contributed by atoms with Gasteiger partial charge >= 0.3 is 0 Å². The molecule has 33 heavy (non-hydrogen) atoms. The van der Waals surface area contributed by atoms with E-state index in [1.807, 2.05) is 20.8 Å². The SMILES string of the molecule is CC.CC(=O)C1CCCC1.CCC(C)O.CCCC(CCCC(C)C)C(CC)CCC(C)F. The summed E-state index contributed by atoms with van der Waals surface area (Å²) in [5.74, 6) is 3.21. The van der Waals surface area contributed by atoms with Crippen LogP contribution in [0.2, 0.25) is 0 Å². The molecule has 0 saturated heterocycles. The molecule has 0 aromatic carbocycles. The Hall–Kier alpha value is -0.440. The van der Waals surface area contributed by atoms with Crippen molar-refractivity contribution in [1.82, 2.24) is 0 Å². The van der Waals surface area contributed by atoms with E-state index in [0.29, 0.717) is 11.7 Å². The Morgan fingerprint density at radius 1 is 0.848 bits per heavy atom. The highest BCUT2D eigenvalue weighted by Gasteiger charge is 2.20. The van der Waals surface area contributed by atoms with Crippen molar-refractivity contribution >= 4 is 5.78 Å². The summed E-state index contributed by atoms with van der Waals surface area (Å²) in [5.41, 5.74) is 0. The van der Waals surface area contributed by atoms with Gasteiger partial charge in [0.25, 0.3) is 0 Å². The van der Waals surface area contributed by atoms with Crippen LogP contribution in [-0.4, -0.2) is 23.2 Å². The lowest BCUT2D eigenvalue weighted by Crippen LogP contribution is -2.16. The Balaban J connectivity index is -0.000000489. The molecule has 1 aliphatic rings. The molecule has 2 nitrogen and oxygen atoms in total. The topological polar surface area (TPSA) is 37.3 Å². The van der Waals surface area contributed by atoms with E-state index in [0.717, 1.165) is 49.9 Å². The highest BCUT2D eigenvalue weighted by Crippen LogP contribution is 2.31. The summed E-state index contributed by atoms with van der Waals surface area (Å²) in [6.07, 6.45) is 14.7. The number of aliphatic hydroxyl groups is 1. The number of hydrogen-bond acceptors (Lipinski definition) is 2. The average Bonchev–Trinajstić information content (AvgIpc) is 3.31. The average molecular weight is 475 g/mol. The number of aliphatic hydroxyl groups excluding tert-OH is 1. The van der Waals surface area contributed by atoms with Crippen LogP contribution in [-0.2, 0) is 4.79 Å². The molecule has 0 radical (unpaired) electrons. The van der Waals surface area contributed by atoms with Gasteiger partial charge in [-0.25, -0.2) is 4.39 Å². The molecule has 0 aromatic rings. The number of alkyl halides is 1. The second-order valence-electron chi connectivity index (χ2n) is 10.2. The zero-order valence-electron chi connectivity index (χ0n) is 24.4. The molecule has 1 N–H and O–H groups in total. The van der Waals surface area contributed by atoms with Crippen LogP contribution in [0.3, 0.4) is 0 Å². The van der Waals surface area contributed by atoms with Crippen LogP contribution in [0.1, 0.15) is 153 Å². The van der Waals surface area contributed by atoms with Gasteiger partial charge in [0.15, 0.2) is 0 Å². The lowest BCUT2D eigenvalue weighted by molar-refractivity contribution is -0.120. The molecule has 0 aliphatic heterocycles. The summed E-state index contributed by atoms with van der Waals surface area (Å²) in [7, 11) is 0. The monoisotopic (exact) mass is 474 g/mol. The van der Waals surface area contributed by atoms with Crippen molar-refractivity contribution in [3.05, 3.63) is 0 Å². The second kappa shape index (κ2) is 26.2. The molecule has 0 heterocycles. The largest absolute Gasteiger partial charge is 0.393 e. The van der Waals surface area contributed by atoms with Crippen LogP contribution in [0.4, 0.5) is 4.39 Å². The maximum atomic E-state index is 13.0. The van der Waals surface area contributed by atoms with Gasteiger partial charge in [-0.15, -0.1) is 0 Å². The molecule has 0 amide bonds. The molecule has 0 spiro atoms. The third kappa shape index (κ3) is 26.0. The van der Waals surface area contributed by atoms with E-state index < -0.39 is 6.17 Å². The first-order valence-electron chi connectivity index (χ1n) is 14.4. The number of carbonyl (C=O) groups excluding carboxylic acids is 1. The highest BCUT2D eigenvalue weighted by atomic mass is 19.1. The fourth-order valence-corrected chi connectivity index (χ4v) is 4.32. The number of ketones is 1. The normalized spacial score (nSPS) is 16.9. The Kier molecular flexibility index (Phi) is 29.4. The molecular formula is C30H63FO2. The zero-order valence-corrected chi connectivity index (χ0v) is 24.4. The molecule has 4 atom stereocenters. The standard InChI is InChI=1S/C17H35F.C7H12O.C4H10O.C2H6/c1-6-9-17(11-8-10-14(3)4)16(7-2)13-12-15(5)18;1-6(8)7-4-2-3-5-7;1-3-4(2)5;1-2/h14-17H,6-13H2,1-5H3;7H,2-5H2,1H3;4-5H,3H2,1-2H3;1-2H3. The predicted molar refractivity (Wildman–Crippen MR) is 147 cm³/mol. The third-order valence-corrected chi connectivity index (χ3v) is 6.66. The van der Waals surface area contributed by atoms with Crippen molar-refractivity contribution in [2.75, 3.05) is 0 Å². The van der Waals surface area contributed by atoms with E-state index in [-0.39, 0.29) is 6.10 Å². The highest BCUT2D eigenvalue weighted by molar-refractivity contribution is 5.78. The van der Waals surface area contributed by atoms with Gasteiger partial charge in [-0.2, -0.15) is 0 Å². The third-order valence-electron chi connectivity index (χ3n) is 6.66. The fraction of sp³-hybridized carbons (Fsp3) is 0.967. The van der Waals surface area contributed by atoms with Gasteiger partial charge < -0.3 is 5.11 Å². The van der Waals surface area contributed by atoms with Gasteiger partial charge in [0, 0.05) is 5.92 Å². The Bertz CT molecular complexity index is 387. The summed E-state index contributed by atoms with van der Waals surface area (Å²) in [6, 6.07) is 0. The fourth-order valence-electron chi connectivity index (χ4n) is 4.32. The number of rotatable bonds is 13. The number of halogens is 1. The van der Waals surface area contributed by atoms with E-state index in [9.17, 15) is 9.18 Å². The first-order valence-corrected chi connectivity index (χ1v) is 14.4. The number of hydrogen-bond donors (Lipinski definition) is 1. The van der Waals surface area contributed by atoms with E-state index in [4.69, 9.17) is 5.11 Å². The first-order chi connectivity index (χ1) is 15.6. The van der Waals surface area contributed by atoms with Crippen molar-refractivity contribution in [1.29, 1.82) is 0 Å². The maximum Gasteiger partial charge on any atom is 0.132 e. The smallest absolute Gasteiger partial charge is 0.132 e. The van der Waals surface area contributed by atoms with Crippen LogP contribution in [0.5, 0.6) is 0 Å². The molecule has 202 valence electrons. The van der Waals surface area contributed by atoms with Crippen LogP contribution in [0.25, 0.3) is 0 Å². The minimum absolute atomic E-state index is 0.116. The van der Waals surface area contributed by atoms with E-state index >= 15 is 0 Å². The quantitative estimate of drug-likeness (QED) is 0.288. The van der Waals surface area contributed by atoms with Gasteiger partial charge in [0.2, 0.25) is 0 Å². The van der Waals surface area contributed by atoms with Crippen LogP contribution in [0.15, 0.2) is 0 Å². The van der Waals surface area contributed by atoms with Gasteiger partial charge in [-0.1, -0.05) is 99.8 Å². The lowest BCUT2D eigenvalue weighted by atomic mass is 9.79. The Morgan fingerprint density at radius 3 is 1.67 bits per heavy atom. The number of Topliss-reactive ketones (excluding diaryl/α,β-unsaturated/α-hetero) is 1. The Morgan fingerprint density at radius 2 is 1.36 bits per heavy atom. The molecule has 4 unspecified atom stereocenters. The van der Waals surface area contributed by atoms with Gasteiger partial charge in [0.1, 0.15) is 5.78 Å².